The molecule has 0 saturated heterocycles. The Morgan fingerprint density at radius 3 is 3.00 bits per heavy atom. The number of rotatable bonds is 4. The zero-order valence-corrected chi connectivity index (χ0v) is 11.7. The van der Waals surface area contributed by atoms with Gasteiger partial charge in [0.15, 0.2) is 9.62 Å². The molecule has 0 bridgehead atoms. The van der Waals surface area contributed by atoms with Gasteiger partial charge in [-0.25, -0.2) is 14.9 Å². The predicted molar refractivity (Wildman–Crippen MR) is 69.9 cm³/mol. The molecule has 2 heterocycles. The van der Waals surface area contributed by atoms with Crippen LogP contribution in [-0.2, 0) is 5.75 Å². The predicted octanol–water partition coefficient (Wildman–Crippen LogP) is 2.55. The molecule has 0 unspecified atom stereocenters. The van der Waals surface area contributed by atoms with Gasteiger partial charge < -0.3 is 0 Å². The van der Waals surface area contributed by atoms with Crippen LogP contribution in [-0.4, -0.2) is 19.7 Å². The van der Waals surface area contributed by atoms with E-state index in [0.29, 0.717) is 15.4 Å². The van der Waals surface area contributed by atoms with Crippen molar-refractivity contribution in [2.45, 2.75) is 30.8 Å². The van der Waals surface area contributed by atoms with Gasteiger partial charge in [-0.3, -0.25) is 4.57 Å². The summed E-state index contributed by atoms with van der Waals surface area (Å²) in [6.45, 7) is 3.90. The Kier molecular flexibility index (Phi) is 3.90. The third-order valence-corrected chi connectivity index (χ3v) is 4.36. The molecule has 0 spiro atoms. The zero-order valence-electron chi connectivity index (χ0n) is 9.31. The van der Waals surface area contributed by atoms with Gasteiger partial charge in [0.2, 0.25) is 0 Å². The minimum absolute atomic E-state index is 0.0915. The van der Waals surface area contributed by atoms with Gasteiger partial charge in [-0.2, -0.15) is 0 Å². The van der Waals surface area contributed by atoms with Crippen molar-refractivity contribution in [1.82, 2.24) is 19.7 Å². The number of hydrogen-bond donors (Lipinski definition) is 1. The summed E-state index contributed by atoms with van der Waals surface area (Å²) in [4.78, 5) is 16.5. The first-order chi connectivity index (χ1) is 8.08. The third kappa shape index (κ3) is 2.91. The zero-order chi connectivity index (χ0) is 12.4. The number of thiazole rings is 1. The van der Waals surface area contributed by atoms with Crippen LogP contribution in [0.25, 0.3) is 0 Å². The number of aromatic amines is 1. The summed E-state index contributed by atoms with van der Waals surface area (Å²) in [7, 11) is 0. The first-order valence-corrected chi connectivity index (χ1v) is 7.16. The van der Waals surface area contributed by atoms with Crippen LogP contribution in [0.1, 0.15) is 24.8 Å². The van der Waals surface area contributed by atoms with E-state index in [1.807, 2.05) is 13.8 Å². The Labute approximate surface area is 111 Å². The van der Waals surface area contributed by atoms with E-state index in [9.17, 15) is 4.79 Å². The first kappa shape index (κ1) is 12.7. The second-order valence-corrected chi connectivity index (χ2v) is 6.28. The van der Waals surface area contributed by atoms with Crippen molar-refractivity contribution in [3.63, 3.8) is 0 Å². The largest absolute Gasteiger partial charge is 0.344 e. The molecule has 0 fully saturated rings. The van der Waals surface area contributed by atoms with Crippen LogP contribution in [0.4, 0.5) is 0 Å². The van der Waals surface area contributed by atoms with E-state index < -0.39 is 0 Å². The van der Waals surface area contributed by atoms with Crippen molar-refractivity contribution in [1.29, 1.82) is 0 Å². The smallest absolute Gasteiger partial charge is 0.268 e. The average Bonchev–Trinajstić information content (AvgIpc) is 2.82. The van der Waals surface area contributed by atoms with Crippen molar-refractivity contribution in [3.8, 4) is 0 Å². The molecular formula is C9H11ClN4OS2. The van der Waals surface area contributed by atoms with Crippen molar-refractivity contribution in [2.75, 3.05) is 0 Å². The molecule has 0 aliphatic rings. The maximum Gasteiger partial charge on any atom is 0.344 e. The second-order valence-electron chi connectivity index (χ2n) is 3.64. The average molecular weight is 291 g/mol. The van der Waals surface area contributed by atoms with E-state index in [4.69, 9.17) is 11.6 Å². The molecule has 2 rings (SSSR count). The molecule has 17 heavy (non-hydrogen) atoms. The highest BCUT2D eigenvalue weighted by Gasteiger charge is 2.12. The van der Waals surface area contributed by atoms with Gasteiger partial charge in [0.25, 0.3) is 0 Å². The normalized spacial score (nSPS) is 11.3. The molecule has 2 aromatic rings. The van der Waals surface area contributed by atoms with Crippen LogP contribution in [0.5, 0.6) is 0 Å². The molecule has 0 radical (unpaired) electrons. The molecular weight excluding hydrogens is 280 g/mol. The molecule has 8 heteroatoms. The monoisotopic (exact) mass is 290 g/mol. The van der Waals surface area contributed by atoms with E-state index in [-0.39, 0.29) is 11.7 Å². The molecule has 0 aromatic carbocycles. The van der Waals surface area contributed by atoms with Crippen molar-refractivity contribution in [2.24, 2.45) is 0 Å². The van der Waals surface area contributed by atoms with Crippen LogP contribution >= 0.6 is 34.7 Å². The number of nitrogens with zero attached hydrogens (tertiary/aromatic N) is 3. The Bertz CT molecular complexity index is 559. The fourth-order valence-electron chi connectivity index (χ4n) is 1.33. The summed E-state index contributed by atoms with van der Waals surface area (Å²) in [5.74, 6) is 0.710. The third-order valence-electron chi connectivity index (χ3n) is 2.06. The van der Waals surface area contributed by atoms with Crippen LogP contribution in [0, 0.1) is 0 Å². The van der Waals surface area contributed by atoms with Gasteiger partial charge in [-0.15, -0.1) is 16.4 Å². The van der Waals surface area contributed by atoms with Gasteiger partial charge in [0.05, 0.1) is 0 Å². The molecule has 0 aliphatic heterocycles. The van der Waals surface area contributed by atoms with Crippen LogP contribution in [0.2, 0.25) is 4.47 Å². The maximum absolute atomic E-state index is 11.5. The van der Waals surface area contributed by atoms with E-state index in [1.165, 1.54) is 23.1 Å². The molecule has 1 N–H and O–H groups in total. The first-order valence-electron chi connectivity index (χ1n) is 4.98. The molecule has 0 saturated carbocycles. The van der Waals surface area contributed by atoms with E-state index in [2.05, 4.69) is 15.2 Å². The maximum atomic E-state index is 11.5. The number of hydrogen-bond acceptors (Lipinski definition) is 5. The molecule has 0 amide bonds. The Morgan fingerprint density at radius 2 is 2.41 bits per heavy atom. The SMILES string of the molecule is CC(C)n1c(SCc2cnc(Cl)s2)n[nH]c1=O. The number of H-pyrrole nitrogens is 1. The highest BCUT2D eigenvalue weighted by molar-refractivity contribution is 7.98. The molecule has 0 aliphatic carbocycles. The van der Waals surface area contributed by atoms with Crippen molar-refractivity contribution < 1.29 is 0 Å². The number of aromatic nitrogens is 4. The summed E-state index contributed by atoms with van der Waals surface area (Å²) >= 11 is 8.68. The highest BCUT2D eigenvalue weighted by atomic mass is 35.5. The van der Waals surface area contributed by atoms with Crippen molar-refractivity contribution >= 4 is 34.7 Å². The summed E-state index contributed by atoms with van der Waals surface area (Å²) in [6, 6.07) is 0.0915. The van der Waals surface area contributed by atoms with Crippen LogP contribution in [0.3, 0.4) is 0 Å². The summed E-state index contributed by atoms with van der Waals surface area (Å²) in [5, 5.41) is 7.15. The number of nitrogens with one attached hydrogen (secondary N) is 1. The lowest BCUT2D eigenvalue weighted by molar-refractivity contribution is 0.534. The number of halogens is 1. The quantitative estimate of drug-likeness (QED) is 0.879. The Hall–Kier alpha value is -0.790. The van der Waals surface area contributed by atoms with Gasteiger partial charge in [0.1, 0.15) is 0 Å². The van der Waals surface area contributed by atoms with Gasteiger partial charge in [-0.05, 0) is 13.8 Å². The van der Waals surface area contributed by atoms with Crippen molar-refractivity contribution in [3.05, 3.63) is 26.0 Å². The lowest BCUT2D eigenvalue weighted by atomic mass is 10.4. The summed E-state index contributed by atoms with van der Waals surface area (Å²) in [5.41, 5.74) is -0.176. The molecule has 92 valence electrons. The lowest BCUT2D eigenvalue weighted by Crippen LogP contribution is -2.19. The fourth-order valence-corrected chi connectivity index (χ4v) is 3.41. The van der Waals surface area contributed by atoms with E-state index in [1.54, 1.807) is 10.8 Å². The summed E-state index contributed by atoms with van der Waals surface area (Å²) < 4.78 is 2.16. The minimum atomic E-state index is -0.176. The van der Waals surface area contributed by atoms with Gasteiger partial charge in [0, 0.05) is 22.9 Å². The summed E-state index contributed by atoms with van der Waals surface area (Å²) in [6.07, 6.45) is 1.74. The van der Waals surface area contributed by atoms with Gasteiger partial charge in [-0.1, -0.05) is 23.4 Å². The Morgan fingerprint density at radius 1 is 1.65 bits per heavy atom. The number of thioether (sulfide) groups is 1. The molecule has 0 atom stereocenters. The lowest BCUT2D eigenvalue weighted by Gasteiger charge is -2.07. The Balaban J connectivity index is 2.12. The minimum Gasteiger partial charge on any atom is -0.268 e. The fraction of sp³-hybridized carbons (Fsp3) is 0.444. The van der Waals surface area contributed by atoms with E-state index in [0.717, 1.165) is 4.88 Å². The van der Waals surface area contributed by atoms with Crippen LogP contribution in [0.15, 0.2) is 16.1 Å². The topological polar surface area (TPSA) is 63.6 Å². The van der Waals surface area contributed by atoms with E-state index >= 15 is 0 Å². The highest BCUT2D eigenvalue weighted by Crippen LogP contribution is 2.26. The van der Waals surface area contributed by atoms with Crippen LogP contribution < -0.4 is 5.69 Å². The second kappa shape index (κ2) is 5.24. The standard InChI is InChI=1S/C9H11ClN4OS2/c1-5(2)14-8(15)12-13-9(14)16-4-6-3-11-7(10)17-6/h3,5H,4H2,1-2H3,(H,12,15). The molecule has 5 nitrogen and oxygen atoms in total. The van der Waals surface area contributed by atoms with Gasteiger partial charge >= 0.3 is 5.69 Å². The molecule has 2 aromatic heterocycles.